The quantitative estimate of drug-likeness (QED) is 0.337. The second-order valence-corrected chi connectivity index (χ2v) is 10.4. The Hall–Kier alpha value is -3.65. The van der Waals surface area contributed by atoms with Crippen LogP contribution >= 0.6 is 11.8 Å². The van der Waals surface area contributed by atoms with Gasteiger partial charge in [-0.25, -0.2) is 4.98 Å². The van der Waals surface area contributed by atoms with Crippen LogP contribution < -0.4 is 10.6 Å². The molecule has 0 radical (unpaired) electrons. The summed E-state index contributed by atoms with van der Waals surface area (Å²) in [7, 11) is 0. The van der Waals surface area contributed by atoms with Crippen LogP contribution in [-0.4, -0.2) is 15.7 Å². The highest BCUT2D eigenvalue weighted by molar-refractivity contribution is 7.99. The lowest BCUT2D eigenvalue weighted by atomic mass is 9.73. The van der Waals surface area contributed by atoms with Gasteiger partial charge in [0.15, 0.2) is 5.78 Å². The molecule has 1 aromatic heterocycles. The Balaban J connectivity index is 1.70. The van der Waals surface area contributed by atoms with Gasteiger partial charge >= 0.3 is 0 Å². The number of para-hydroxylation sites is 2. The maximum absolute atomic E-state index is 13.5. The third-order valence-corrected chi connectivity index (χ3v) is 7.13. The molecular formula is C26H24N4O3S. The first-order chi connectivity index (χ1) is 16.3. The highest BCUT2D eigenvalue weighted by Gasteiger charge is 2.39. The largest absolute Gasteiger partial charge is 0.372 e. The van der Waals surface area contributed by atoms with Crippen molar-refractivity contribution in [1.29, 1.82) is 0 Å². The second kappa shape index (κ2) is 8.61. The van der Waals surface area contributed by atoms with Gasteiger partial charge < -0.3 is 10.6 Å². The third kappa shape index (κ3) is 4.28. The van der Waals surface area contributed by atoms with Crippen LogP contribution in [0, 0.1) is 15.5 Å². The number of hydrogen-bond donors (Lipinski definition) is 2. The Morgan fingerprint density at radius 3 is 2.56 bits per heavy atom. The van der Waals surface area contributed by atoms with Gasteiger partial charge in [-0.1, -0.05) is 43.8 Å². The molecule has 34 heavy (non-hydrogen) atoms. The number of anilines is 2. The minimum atomic E-state index is -0.541. The molecule has 7 nitrogen and oxygen atoms in total. The molecule has 1 aliphatic carbocycles. The van der Waals surface area contributed by atoms with Gasteiger partial charge in [0.2, 0.25) is 0 Å². The fraction of sp³-hybridized carbons (Fsp3) is 0.231. The van der Waals surface area contributed by atoms with Gasteiger partial charge in [-0.3, -0.25) is 14.9 Å². The maximum atomic E-state index is 13.5. The number of Topliss-reactive ketones (excluding diaryl/α,β-unsaturated/α-hetero) is 1. The molecule has 0 spiro atoms. The molecule has 0 amide bonds. The number of ketones is 1. The number of aromatic nitrogens is 1. The molecule has 2 aromatic carbocycles. The molecule has 0 unspecified atom stereocenters. The standard InChI is InChI=1S/C26H24N4O3S/c1-26(2)14-20-24(21(31)15-26)25(29-19-8-4-3-7-18(19)28-20)17-13-16(30(32)33)10-11-22(17)34-23-9-5-6-12-27-23/h3-13,25,28-29H,14-15H2,1-2H3/t25-/m1/s1. The van der Waals surface area contributed by atoms with Crippen molar-refractivity contribution >= 4 is 34.6 Å². The minimum absolute atomic E-state index is 0.0154. The average Bonchev–Trinajstić information content (AvgIpc) is 2.95. The molecule has 5 rings (SSSR count). The number of nitrogens with one attached hydrogen (secondary N) is 2. The van der Waals surface area contributed by atoms with Crippen LogP contribution in [0.25, 0.3) is 0 Å². The first-order valence-electron chi connectivity index (χ1n) is 11.1. The Morgan fingerprint density at radius 1 is 1.06 bits per heavy atom. The summed E-state index contributed by atoms with van der Waals surface area (Å²) in [5.74, 6) is 0.0457. The van der Waals surface area contributed by atoms with Crippen molar-refractivity contribution in [3.05, 3.63) is 93.8 Å². The van der Waals surface area contributed by atoms with E-state index in [9.17, 15) is 14.9 Å². The van der Waals surface area contributed by atoms with Crippen LogP contribution in [-0.2, 0) is 4.79 Å². The van der Waals surface area contributed by atoms with Gasteiger partial charge in [-0.2, -0.15) is 0 Å². The number of carbonyl (C=O) groups is 1. The predicted octanol–water partition coefficient (Wildman–Crippen LogP) is 6.36. The monoisotopic (exact) mass is 472 g/mol. The minimum Gasteiger partial charge on any atom is -0.372 e. The van der Waals surface area contributed by atoms with E-state index in [1.165, 1.54) is 17.8 Å². The number of carbonyl (C=O) groups excluding carboxylic acids is 1. The van der Waals surface area contributed by atoms with Gasteiger partial charge in [0.25, 0.3) is 5.69 Å². The van der Waals surface area contributed by atoms with E-state index < -0.39 is 11.0 Å². The van der Waals surface area contributed by atoms with Crippen LogP contribution in [0.5, 0.6) is 0 Å². The molecule has 0 saturated heterocycles. The molecule has 2 N–H and O–H groups in total. The van der Waals surface area contributed by atoms with Gasteiger partial charge in [0, 0.05) is 40.9 Å². The van der Waals surface area contributed by atoms with Crippen molar-refractivity contribution in [2.24, 2.45) is 5.41 Å². The van der Waals surface area contributed by atoms with Crippen molar-refractivity contribution in [3.63, 3.8) is 0 Å². The zero-order chi connectivity index (χ0) is 23.9. The first kappa shape index (κ1) is 22.2. The van der Waals surface area contributed by atoms with Gasteiger partial charge in [-0.05, 0) is 47.7 Å². The molecule has 8 heteroatoms. The van der Waals surface area contributed by atoms with Crippen molar-refractivity contribution in [2.75, 3.05) is 10.6 Å². The van der Waals surface area contributed by atoms with Crippen molar-refractivity contribution < 1.29 is 9.72 Å². The summed E-state index contributed by atoms with van der Waals surface area (Å²) in [5.41, 5.74) is 3.71. The zero-order valence-corrected chi connectivity index (χ0v) is 19.7. The van der Waals surface area contributed by atoms with E-state index in [4.69, 9.17) is 0 Å². The fourth-order valence-electron chi connectivity index (χ4n) is 4.61. The lowest BCUT2D eigenvalue weighted by molar-refractivity contribution is -0.385. The van der Waals surface area contributed by atoms with Crippen LogP contribution in [0.15, 0.2) is 88.1 Å². The number of rotatable bonds is 4. The number of nitro benzene ring substituents is 1. The molecule has 2 aliphatic rings. The number of nitrogens with zero attached hydrogens (tertiary/aromatic N) is 2. The number of pyridine rings is 1. The van der Waals surface area contributed by atoms with E-state index in [-0.39, 0.29) is 16.9 Å². The summed E-state index contributed by atoms with van der Waals surface area (Å²) in [6.07, 6.45) is 2.84. The number of hydrogen-bond acceptors (Lipinski definition) is 7. The summed E-state index contributed by atoms with van der Waals surface area (Å²) in [5, 5.41) is 19.5. The molecule has 0 saturated carbocycles. The topological polar surface area (TPSA) is 97.2 Å². The maximum Gasteiger partial charge on any atom is 0.269 e. The first-order valence-corrected chi connectivity index (χ1v) is 11.9. The van der Waals surface area contributed by atoms with E-state index in [0.717, 1.165) is 27.0 Å². The van der Waals surface area contributed by atoms with Crippen molar-refractivity contribution in [2.45, 2.75) is 42.7 Å². The summed E-state index contributed by atoms with van der Waals surface area (Å²) in [4.78, 5) is 30.0. The molecule has 172 valence electrons. The molecule has 1 aliphatic heterocycles. The molecule has 0 bridgehead atoms. The normalized spacial score (nSPS) is 18.8. The number of nitro groups is 1. The Kier molecular flexibility index (Phi) is 5.61. The Morgan fingerprint density at radius 2 is 1.82 bits per heavy atom. The van der Waals surface area contributed by atoms with E-state index in [2.05, 4.69) is 29.5 Å². The lowest BCUT2D eigenvalue weighted by Gasteiger charge is -2.34. The van der Waals surface area contributed by atoms with E-state index >= 15 is 0 Å². The summed E-state index contributed by atoms with van der Waals surface area (Å²) < 4.78 is 0. The predicted molar refractivity (Wildman–Crippen MR) is 133 cm³/mol. The zero-order valence-electron chi connectivity index (χ0n) is 18.9. The Bertz CT molecular complexity index is 1320. The molecule has 1 atom stereocenters. The highest BCUT2D eigenvalue weighted by atomic mass is 32.2. The summed E-state index contributed by atoms with van der Waals surface area (Å²) >= 11 is 1.43. The van der Waals surface area contributed by atoms with E-state index in [1.54, 1.807) is 18.3 Å². The van der Waals surface area contributed by atoms with Crippen LogP contribution in [0.3, 0.4) is 0 Å². The SMILES string of the molecule is CC1(C)CC(=O)C2=C(C1)Nc1ccccc1N[C@@H]2c1cc([N+](=O)[O-])ccc1Sc1ccccn1. The van der Waals surface area contributed by atoms with Gasteiger partial charge in [-0.15, -0.1) is 0 Å². The number of allylic oxidation sites excluding steroid dienone is 1. The Labute approximate surface area is 201 Å². The molecule has 2 heterocycles. The lowest BCUT2D eigenvalue weighted by Crippen LogP contribution is -2.31. The van der Waals surface area contributed by atoms with E-state index in [1.807, 2.05) is 42.5 Å². The van der Waals surface area contributed by atoms with Gasteiger partial charge in [0.05, 0.1) is 22.3 Å². The molecule has 3 aromatic rings. The van der Waals surface area contributed by atoms with Crippen LogP contribution in [0.2, 0.25) is 0 Å². The molecule has 0 fully saturated rings. The second-order valence-electron chi connectivity index (χ2n) is 9.33. The smallest absolute Gasteiger partial charge is 0.269 e. The third-order valence-electron chi connectivity index (χ3n) is 6.09. The van der Waals surface area contributed by atoms with Crippen LogP contribution in [0.4, 0.5) is 17.1 Å². The number of benzene rings is 2. The van der Waals surface area contributed by atoms with E-state index in [0.29, 0.717) is 24.0 Å². The van der Waals surface area contributed by atoms with Gasteiger partial charge in [0.1, 0.15) is 5.03 Å². The highest BCUT2D eigenvalue weighted by Crippen LogP contribution is 2.47. The fourth-order valence-corrected chi connectivity index (χ4v) is 5.53. The summed E-state index contributed by atoms with van der Waals surface area (Å²) in [6.45, 7) is 4.18. The molecular weight excluding hydrogens is 448 g/mol. The van der Waals surface area contributed by atoms with Crippen molar-refractivity contribution in [3.8, 4) is 0 Å². The summed E-state index contributed by atoms with van der Waals surface area (Å²) in [6, 6.07) is 17.7. The van der Waals surface area contributed by atoms with Crippen LogP contribution in [0.1, 0.15) is 38.3 Å². The van der Waals surface area contributed by atoms with Crippen molar-refractivity contribution in [1.82, 2.24) is 4.98 Å². The number of non-ortho nitro benzene ring substituents is 1. The average molecular weight is 473 g/mol. The number of fused-ring (bicyclic) bond motifs is 1.